The van der Waals surface area contributed by atoms with Gasteiger partial charge in [-0.15, -0.1) is 0 Å². The molecule has 0 bridgehead atoms. The van der Waals surface area contributed by atoms with Crippen molar-refractivity contribution in [3.05, 3.63) is 59.2 Å². The highest BCUT2D eigenvalue weighted by Crippen LogP contribution is 2.37. The van der Waals surface area contributed by atoms with Crippen molar-refractivity contribution in [1.29, 1.82) is 0 Å². The van der Waals surface area contributed by atoms with Crippen LogP contribution in [0.25, 0.3) is 0 Å². The molecule has 0 aliphatic rings. The van der Waals surface area contributed by atoms with Gasteiger partial charge in [0.15, 0.2) is 13.6 Å². The molecule has 20 heteroatoms. The zero-order chi connectivity index (χ0) is 27.5. The van der Waals surface area contributed by atoms with Gasteiger partial charge in [0, 0.05) is 0 Å². The lowest BCUT2D eigenvalue weighted by molar-refractivity contribution is -0.141. The average molecular weight is 594 g/mol. The summed E-state index contributed by atoms with van der Waals surface area (Å²) in [6, 6.07) is 2.40. The van der Waals surface area contributed by atoms with Crippen LogP contribution in [0.1, 0.15) is 11.1 Å². The fourth-order valence-electron chi connectivity index (χ4n) is 2.40. The summed E-state index contributed by atoms with van der Waals surface area (Å²) in [6.45, 7) is -3.24. The Morgan fingerprint density at radius 1 is 0.667 bits per heavy atom. The molecule has 0 atom stereocenters. The van der Waals surface area contributed by atoms with Crippen molar-refractivity contribution < 1.29 is 73.9 Å². The van der Waals surface area contributed by atoms with Gasteiger partial charge in [-0.25, -0.2) is 17.1 Å². The van der Waals surface area contributed by atoms with Crippen LogP contribution in [0.2, 0.25) is 0 Å². The first-order chi connectivity index (χ1) is 16.4. The zero-order valence-electron chi connectivity index (χ0n) is 16.9. The molecule has 2 aromatic carbocycles. The third-order valence-electron chi connectivity index (χ3n) is 3.80. The van der Waals surface area contributed by atoms with Gasteiger partial charge < -0.3 is 0 Å². The third kappa shape index (κ3) is 7.44. The van der Waals surface area contributed by atoms with Gasteiger partial charge in [0.2, 0.25) is 0 Å². The van der Waals surface area contributed by atoms with E-state index in [1.54, 1.807) is 0 Å². The number of alkyl halides is 6. The quantitative estimate of drug-likeness (QED) is 0.170. The molecule has 0 fully saturated rings. The van der Waals surface area contributed by atoms with Crippen LogP contribution in [0.3, 0.4) is 0 Å². The van der Waals surface area contributed by atoms with Crippen molar-refractivity contribution in [3.8, 4) is 0 Å². The zero-order valence-corrected chi connectivity index (χ0v) is 19.5. The molecule has 0 aliphatic carbocycles. The number of halogens is 8. The Morgan fingerprint density at radius 2 is 1.00 bits per heavy atom. The summed E-state index contributed by atoms with van der Waals surface area (Å²) in [7, 11) is -14.9. The second-order valence-electron chi connectivity index (χ2n) is 6.15. The topological polar surface area (TPSA) is 122 Å². The molecule has 0 unspecified atom stereocenters. The van der Waals surface area contributed by atoms with E-state index >= 15 is 0 Å². The summed E-state index contributed by atoms with van der Waals surface area (Å²) in [6.07, 6.45) is -10.6. The Morgan fingerprint density at radius 3 is 1.31 bits per heavy atom. The van der Waals surface area contributed by atoms with Gasteiger partial charge >= 0.3 is 40.8 Å². The van der Waals surface area contributed by atoms with Gasteiger partial charge in [-0.05, 0) is 24.3 Å². The van der Waals surface area contributed by atoms with E-state index in [0.29, 0.717) is 24.3 Å². The van der Waals surface area contributed by atoms with E-state index < -0.39 is 87.0 Å². The molecule has 0 spiro atoms. The van der Waals surface area contributed by atoms with Crippen LogP contribution in [0, 0.1) is 11.6 Å². The van der Waals surface area contributed by atoms with Crippen molar-refractivity contribution >= 4 is 28.5 Å². The van der Waals surface area contributed by atoms with Crippen LogP contribution in [-0.4, -0.2) is 30.4 Å². The van der Waals surface area contributed by atoms with Crippen LogP contribution in [0.4, 0.5) is 35.1 Å². The van der Waals surface area contributed by atoms with Gasteiger partial charge in [0.05, 0.1) is 11.1 Å². The summed E-state index contributed by atoms with van der Waals surface area (Å²) in [5.74, 6) is -3.67. The Labute approximate surface area is 197 Å². The first-order valence-electron chi connectivity index (χ1n) is 8.68. The minimum absolute atomic E-state index is 0.240. The number of hydrogen-bond donors (Lipinski definition) is 0. The highest BCUT2D eigenvalue weighted by molar-refractivity contribution is 7.87. The Hall–Kier alpha value is -2.15. The molecule has 0 aromatic heterocycles. The average Bonchev–Trinajstić information content (AvgIpc) is 2.71. The number of rotatable bonds is 10. The monoisotopic (exact) mass is 594 g/mol. The van der Waals surface area contributed by atoms with Gasteiger partial charge in [0.1, 0.15) is 21.4 Å². The van der Waals surface area contributed by atoms with Gasteiger partial charge in [-0.3, -0.25) is 13.6 Å². The van der Waals surface area contributed by atoms with Gasteiger partial charge in [-0.1, -0.05) is 12.1 Å². The van der Waals surface area contributed by atoms with E-state index in [-0.39, 0.29) is 12.1 Å². The SMILES string of the molecule is O=[PH](OCOS(=O)(=O)c1c(F)cccc1C(F)(F)F)OCOS(=O)(=O)c1c(F)cccc1C(F)(F)F. The van der Waals surface area contributed by atoms with E-state index in [4.69, 9.17) is 0 Å². The molecule has 2 rings (SSSR count). The fourth-order valence-corrected chi connectivity index (χ4v) is 5.07. The maximum atomic E-state index is 13.8. The fraction of sp³-hybridized carbons (Fsp3) is 0.250. The minimum Gasteiger partial charge on any atom is -0.282 e. The molecule has 2 aromatic rings. The third-order valence-corrected chi connectivity index (χ3v) is 7.15. The Kier molecular flexibility index (Phi) is 9.25. The molecule has 0 radical (unpaired) electrons. The predicted molar refractivity (Wildman–Crippen MR) is 100 cm³/mol. The smallest absolute Gasteiger partial charge is 0.282 e. The van der Waals surface area contributed by atoms with E-state index in [1.807, 2.05) is 0 Å². The molecule has 0 saturated heterocycles. The van der Waals surface area contributed by atoms with Crippen LogP contribution in [-0.2, 0) is 54.6 Å². The van der Waals surface area contributed by atoms with Gasteiger partial charge in [0.25, 0.3) is 0 Å². The van der Waals surface area contributed by atoms with Crippen molar-refractivity contribution in [2.75, 3.05) is 13.6 Å². The van der Waals surface area contributed by atoms with Crippen LogP contribution < -0.4 is 0 Å². The molecule has 202 valence electrons. The minimum atomic E-state index is -5.48. The maximum Gasteiger partial charge on any atom is 0.417 e. The van der Waals surface area contributed by atoms with E-state index in [1.165, 1.54) is 0 Å². The predicted octanol–water partition coefficient (Wildman–Crippen LogP) is 4.45. The molecular formula is C16H11F8O9PS2. The summed E-state index contributed by atoms with van der Waals surface area (Å²) >= 11 is 0. The standard InChI is InChI=1S/C16H11F8O9PS2/c17-11-5-1-3-9(15(19,20)21)13(11)35(26,27)32-7-30-34(25)31-8-33-36(28,29)14-10(16(22,23)24)4-2-6-12(14)18/h1-6,34H,7-8H2. The first kappa shape index (κ1) is 30.1. The van der Waals surface area contributed by atoms with Crippen molar-refractivity contribution in [3.63, 3.8) is 0 Å². The molecule has 9 nitrogen and oxygen atoms in total. The lowest BCUT2D eigenvalue weighted by Gasteiger charge is -2.14. The van der Waals surface area contributed by atoms with Crippen molar-refractivity contribution in [1.82, 2.24) is 0 Å². The van der Waals surface area contributed by atoms with E-state index in [9.17, 15) is 56.5 Å². The van der Waals surface area contributed by atoms with Crippen LogP contribution >= 0.6 is 8.25 Å². The lowest BCUT2D eigenvalue weighted by atomic mass is 10.2. The Balaban J connectivity index is 2.01. The highest BCUT2D eigenvalue weighted by Gasteiger charge is 2.41. The van der Waals surface area contributed by atoms with Gasteiger partial charge in [-0.2, -0.15) is 43.2 Å². The van der Waals surface area contributed by atoms with Crippen LogP contribution in [0.5, 0.6) is 0 Å². The summed E-state index contributed by atoms with van der Waals surface area (Å²) in [4.78, 5) is -3.80. The molecule has 0 N–H and O–H groups in total. The summed E-state index contributed by atoms with van der Waals surface area (Å²) in [5, 5.41) is 0. The van der Waals surface area contributed by atoms with Crippen molar-refractivity contribution in [2.45, 2.75) is 22.1 Å². The number of benzene rings is 2. The first-order valence-corrected chi connectivity index (χ1v) is 12.7. The molecular weight excluding hydrogens is 583 g/mol. The lowest BCUT2D eigenvalue weighted by Crippen LogP contribution is -2.18. The molecule has 36 heavy (non-hydrogen) atoms. The largest absolute Gasteiger partial charge is 0.417 e. The highest BCUT2D eigenvalue weighted by atomic mass is 32.2. The molecule has 0 heterocycles. The summed E-state index contributed by atoms with van der Waals surface area (Å²) < 4.78 is 181. The molecule has 0 saturated carbocycles. The maximum absolute atomic E-state index is 13.8. The second kappa shape index (κ2) is 11.1. The summed E-state index contributed by atoms with van der Waals surface area (Å²) in [5.41, 5.74) is -3.84. The van der Waals surface area contributed by atoms with E-state index in [2.05, 4.69) is 17.4 Å². The van der Waals surface area contributed by atoms with Crippen molar-refractivity contribution in [2.24, 2.45) is 0 Å². The normalized spacial score (nSPS) is 13.4. The molecule has 0 amide bonds. The van der Waals surface area contributed by atoms with Crippen LogP contribution in [0.15, 0.2) is 46.2 Å². The van der Waals surface area contributed by atoms with E-state index in [0.717, 1.165) is 0 Å². The second-order valence-corrected chi connectivity index (χ2v) is 10.3. The Bertz CT molecular complexity index is 1240. The number of hydrogen-bond acceptors (Lipinski definition) is 9. The molecule has 0 aliphatic heterocycles.